The molecule has 0 aliphatic carbocycles. The summed E-state index contributed by atoms with van der Waals surface area (Å²) in [7, 11) is 0. The Balaban J connectivity index is 1.91. The fraction of sp³-hybridized carbons (Fsp3) is 0.615. The first-order chi connectivity index (χ1) is 8.06. The van der Waals surface area contributed by atoms with E-state index in [0.29, 0.717) is 6.54 Å². The van der Waals surface area contributed by atoms with Gasteiger partial charge >= 0.3 is 0 Å². The first-order valence-electron chi connectivity index (χ1n) is 6.06. The third kappa shape index (κ3) is 3.15. The molecule has 0 bridgehead atoms. The summed E-state index contributed by atoms with van der Waals surface area (Å²) in [6.07, 6.45) is 0.572. The van der Waals surface area contributed by atoms with Gasteiger partial charge in [-0.3, -0.25) is 9.69 Å². The Hall–Kier alpha value is -0.710. The number of carbonyl (C=O) groups is 1. The zero-order chi connectivity index (χ0) is 12.4. The maximum absolute atomic E-state index is 12.0. The van der Waals surface area contributed by atoms with Crippen LogP contribution in [0, 0.1) is 12.8 Å². The van der Waals surface area contributed by atoms with Crippen LogP contribution in [0.25, 0.3) is 0 Å². The molecule has 17 heavy (non-hydrogen) atoms. The van der Waals surface area contributed by atoms with Crippen LogP contribution in [0.2, 0.25) is 0 Å². The molecule has 1 aromatic rings. The monoisotopic (exact) mass is 253 g/mol. The van der Waals surface area contributed by atoms with Crippen molar-refractivity contribution in [3.8, 4) is 0 Å². The molecular formula is C13H19NO2S. The molecule has 0 aromatic carbocycles. The molecular weight excluding hydrogens is 234 g/mol. The number of piperidine rings is 1. The van der Waals surface area contributed by atoms with Crippen LogP contribution < -0.4 is 0 Å². The summed E-state index contributed by atoms with van der Waals surface area (Å²) in [4.78, 5) is 16.2. The highest BCUT2D eigenvalue weighted by Gasteiger charge is 2.25. The fourth-order valence-corrected chi connectivity index (χ4v) is 3.03. The zero-order valence-corrected chi connectivity index (χ0v) is 11.2. The quantitative estimate of drug-likeness (QED) is 0.837. The number of aliphatic hydroxyl groups excluding tert-OH is 1. The number of aryl methyl sites for hydroxylation is 1. The van der Waals surface area contributed by atoms with Crippen LogP contribution in [-0.2, 0) is 0 Å². The average Bonchev–Trinajstić information content (AvgIpc) is 2.70. The van der Waals surface area contributed by atoms with E-state index in [1.54, 1.807) is 11.3 Å². The van der Waals surface area contributed by atoms with Gasteiger partial charge in [0.1, 0.15) is 0 Å². The predicted octanol–water partition coefficient (Wildman–Crippen LogP) is 1.94. The molecule has 1 aromatic heterocycles. The molecule has 1 aliphatic heterocycles. The first kappa shape index (κ1) is 12.7. The van der Waals surface area contributed by atoms with Crippen molar-refractivity contribution >= 4 is 17.1 Å². The number of ketones is 1. The van der Waals surface area contributed by atoms with E-state index in [-0.39, 0.29) is 17.8 Å². The Morgan fingerprint density at radius 1 is 1.59 bits per heavy atom. The van der Waals surface area contributed by atoms with Crippen LogP contribution >= 0.6 is 11.3 Å². The van der Waals surface area contributed by atoms with Crippen LogP contribution in [0.4, 0.5) is 0 Å². The minimum atomic E-state index is -0.203. The van der Waals surface area contributed by atoms with Gasteiger partial charge in [0.2, 0.25) is 0 Å². The van der Waals surface area contributed by atoms with E-state index in [9.17, 15) is 9.90 Å². The van der Waals surface area contributed by atoms with Gasteiger partial charge in [-0.05, 0) is 31.4 Å². The lowest BCUT2D eigenvalue weighted by Crippen LogP contribution is -2.43. The lowest BCUT2D eigenvalue weighted by molar-refractivity contribution is 0.0345. The van der Waals surface area contributed by atoms with Gasteiger partial charge in [-0.2, -0.15) is 0 Å². The lowest BCUT2D eigenvalue weighted by atomic mass is 9.96. The van der Waals surface area contributed by atoms with Gasteiger partial charge in [0.25, 0.3) is 0 Å². The molecule has 0 spiro atoms. The Bertz CT molecular complexity index is 402. The molecule has 1 fully saturated rings. The average molecular weight is 253 g/mol. The van der Waals surface area contributed by atoms with Gasteiger partial charge in [-0.1, -0.05) is 6.92 Å². The van der Waals surface area contributed by atoms with Crippen molar-refractivity contribution in [3.05, 3.63) is 21.9 Å². The van der Waals surface area contributed by atoms with E-state index in [4.69, 9.17) is 0 Å². The maximum atomic E-state index is 12.0. The Morgan fingerprint density at radius 2 is 2.35 bits per heavy atom. The molecule has 2 heterocycles. The lowest BCUT2D eigenvalue weighted by Gasteiger charge is -2.33. The number of nitrogens with zero attached hydrogens (tertiary/aromatic N) is 1. The molecule has 0 saturated carbocycles. The Morgan fingerprint density at radius 3 is 2.94 bits per heavy atom. The standard InChI is InChI=1S/C13H19NO2S/c1-9-7-14(6-5-11(9)15)8-12(16)13-4-3-10(2)17-13/h3-4,9,11,15H,5-8H2,1-2H3. The van der Waals surface area contributed by atoms with Crippen molar-refractivity contribution in [2.45, 2.75) is 26.4 Å². The number of Topliss-reactive ketones (excluding diaryl/α,β-unsaturated/α-hetero) is 1. The Labute approximate surface area is 106 Å². The van der Waals surface area contributed by atoms with Crippen molar-refractivity contribution in [3.63, 3.8) is 0 Å². The predicted molar refractivity (Wildman–Crippen MR) is 69.6 cm³/mol. The number of hydrogen-bond acceptors (Lipinski definition) is 4. The van der Waals surface area contributed by atoms with Crippen LogP contribution in [0.1, 0.15) is 27.9 Å². The highest BCUT2D eigenvalue weighted by Crippen LogP contribution is 2.19. The number of thiophene rings is 1. The van der Waals surface area contributed by atoms with E-state index >= 15 is 0 Å². The number of likely N-dealkylation sites (tertiary alicyclic amines) is 1. The highest BCUT2D eigenvalue weighted by molar-refractivity contribution is 7.14. The molecule has 94 valence electrons. The summed E-state index contributed by atoms with van der Waals surface area (Å²) in [5, 5.41) is 9.64. The van der Waals surface area contributed by atoms with Crippen molar-refractivity contribution in [2.75, 3.05) is 19.6 Å². The fourth-order valence-electron chi connectivity index (χ4n) is 2.23. The molecule has 1 aliphatic rings. The summed E-state index contributed by atoms with van der Waals surface area (Å²) in [5.74, 6) is 0.466. The van der Waals surface area contributed by atoms with Crippen molar-refractivity contribution in [1.29, 1.82) is 0 Å². The molecule has 1 N–H and O–H groups in total. The molecule has 4 heteroatoms. The van der Waals surface area contributed by atoms with Crippen LogP contribution in [0.5, 0.6) is 0 Å². The first-order valence-corrected chi connectivity index (χ1v) is 6.88. The second-order valence-electron chi connectivity index (χ2n) is 4.90. The van der Waals surface area contributed by atoms with E-state index in [2.05, 4.69) is 4.90 Å². The number of rotatable bonds is 3. The summed E-state index contributed by atoms with van der Waals surface area (Å²) >= 11 is 1.56. The van der Waals surface area contributed by atoms with Crippen LogP contribution in [0.3, 0.4) is 0 Å². The molecule has 0 radical (unpaired) electrons. The third-order valence-corrected chi connectivity index (χ3v) is 4.37. The van der Waals surface area contributed by atoms with E-state index in [1.807, 2.05) is 26.0 Å². The van der Waals surface area contributed by atoms with Crippen molar-refractivity contribution in [1.82, 2.24) is 4.90 Å². The van der Waals surface area contributed by atoms with Gasteiger partial charge in [0.05, 0.1) is 17.5 Å². The van der Waals surface area contributed by atoms with E-state index in [0.717, 1.165) is 24.4 Å². The molecule has 1 saturated heterocycles. The topological polar surface area (TPSA) is 40.5 Å². The molecule has 2 atom stereocenters. The highest BCUT2D eigenvalue weighted by atomic mass is 32.1. The smallest absolute Gasteiger partial charge is 0.186 e. The van der Waals surface area contributed by atoms with Crippen molar-refractivity contribution in [2.24, 2.45) is 5.92 Å². The van der Waals surface area contributed by atoms with E-state index in [1.165, 1.54) is 4.88 Å². The minimum absolute atomic E-state index is 0.201. The Kier molecular flexibility index (Phi) is 3.97. The number of hydrogen-bond donors (Lipinski definition) is 1. The third-order valence-electron chi connectivity index (χ3n) is 3.33. The van der Waals surface area contributed by atoms with Gasteiger partial charge in [-0.25, -0.2) is 0 Å². The minimum Gasteiger partial charge on any atom is -0.393 e. The molecule has 2 unspecified atom stereocenters. The molecule has 3 nitrogen and oxygen atoms in total. The zero-order valence-electron chi connectivity index (χ0n) is 10.3. The largest absolute Gasteiger partial charge is 0.393 e. The summed E-state index contributed by atoms with van der Waals surface area (Å²) in [6.45, 7) is 6.17. The second kappa shape index (κ2) is 5.29. The van der Waals surface area contributed by atoms with Crippen molar-refractivity contribution < 1.29 is 9.90 Å². The van der Waals surface area contributed by atoms with Gasteiger partial charge < -0.3 is 5.11 Å². The second-order valence-corrected chi connectivity index (χ2v) is 6.19. The number of carbonyl (C=O) groups excluding carboxylic acids is 1. The summed E-state index contributed by atoms with van der Waals surface area (Å²) in [6, 6.07) is 3.89. The van der Waals surface area contributed by atoms with Gasteiger partial charge in [0, 0.05) is 18.0 Å². The maximum Gasteiger partial charge on any atom is 0.186 e. The van der Waals surface area contributed by atoms with E-state index < -0.39 is 0 Å². The molecule has 0 amide bonds. The van der Waals surface area contributed by atoms with Gasteiger partial charge in [-0.15, -0.1) is 11.3 Å². The summed E-state index contributed by atoms with van der Waals surface area (Å²) in [5.41, 5.74) is 0. The SMILES string of the molecule is Cc1ccc(C(=O)CN2CCC(O)C(C)C2)s1. The normalized spacial score (nSPS) is 26.1. The van der Waals surface area contributed by atoms with Crippen LogP contribution in [0.15, 0.2) is 12.1 Å². The van der Waals surface area contributed by atoms with Crippen LogP contribution in [-0.4, -0.2) is 41.5 Å². The van der Waals surface area contributed by atoms with Gasteiger partial charge in [0.15, 0.2) is 5.78 Å². The number of aliphatic hydroxyl groups is 1. The summed E-state index contributed by atoms with van der Waals surface area (Å²) < 4.78 is 0. The molecule has 2 rings (SSSR count).